The van der Waals surface area contributed by atoms with E-state index in [-0.39, 0.29) is 11.8 Å². The van der Waals surface area contributed by atoms with Crippen LogP contribution >= 0.6 is 0 Å². The van der Waals surface area contributed by atoms with Crippen molar-refractivity contribution < 1.29 is 0 Å². The zero-order chi connectivity index (χ0) is 9.26. The van der Waals surface area contributed by atoms with Crippen molar-refractivity contribution in [1.82, 2.24) is 0 Å². The van der Waals surface area contributed by atoms with Crippen molar-refractivity contribution in [3.8, 4) is 12.1 Å². The van der Waals surface area contributed by atoms with E-state index in [2.05, 4.69) is 24.3 Å². The largest absolute Gasteiger partial charge is 0.198 e. The Hall–Kier alpha value is -1.28. The van der Waals surface area contributed by atoms with Gasteiger partial charge in [-0.15, -0.1) is 0 Å². The SMILES string of the molecule is N#C[C@@H]1[C@H](C#N)[C@@H]2C=C[C@@H]1CCC2. The summed E-state index contributed by atoms with van der Waals surface area (Å²) in [5.74, 6) is 0.576. The zero-order valence-electron chi connectivity index (χ0n) is 7.48. The van der Waals surface area contributed by atoms with Crippen LogP contribution in [-0.4, -0.2) is 0 Å². The molecule has 0 aromatic carbocycles. The molecule has 4 atom stereocenters. The highest BCUT2D eigenvalue weighted by atomic mass is 14.4. The molecule has 0 spiro atoms. The summed E-state index contributed by atoms with van der Waals surface area (Å²) < 4.78 is 0. The van der Waals surface area contributed by atoms with E-state index in [0.717, 1.165) is 12.8 Å². The zero-order valence-corrected chi connectivity index (χ0v) is 7.48. The third-order valence-electron chi connectivity index (χ3n) is 3.29. The highest BCUT2D eigenvalue weighted by Crippen LogP contribution is 2.41. The summed E-state index contributed by atoms with van der Waals surface area (Å²) in [4.78, 5) is 0. The number of rotatable bonds is 0. The molecule has 3 aliphatic rings. The summed E-state index contributed by atoms with van der Waals surface area (Å²) in [6.07, 6.45) is 7.64. The first-order valence-corrected chi connectivity index (χ1v) is 4.84. The summed E-state index contributed by atoms with van der Waals surface area (Å²) in [6.45, 7) is 0. The lowest BCUT2D eigenvalue weighted by molar-refractivity contribution is 0.329. The molecular weight excluding hydrogens is 160 g/mol. The smallest absolute Gasteiger partial charge is 0.0689 e. The Bertz CT molecular complexity index is 275. The highest BCUT2D eigenvalue weighted by molar-refractivity contribution is 5.17. The first-order valence-electron chi connectivity index (χ1n) is 4.84. The Morgan fingerprint density at radius 3 is 1.77 bits per heavy atom. The molecule has 0 N–H and O–H groups in total. The maximum atomic E-state index is 9.00. The molecule has 2 bridgehead atoms. The molecular formula is C11H12N2. The Kier molecular flexibility index (Phi) is 2.07. The van der Waals surface area contributed by atoms with Gasteiger partial charge in [-0.2, -0.15) is 10.5 Å². The van der Waals surface area contributed by atoms with Gasteiger partial charge in [-0.1, -0.05) is 18.6 Å². The monoisotopic (exact) mass is 172 g/mol. The Labute approximate surface area is 78.5 Å². The van der Waals surface area contributed by atoms with E-state index in [1.807, 2.05) is 0 Å². The van der Waals surface area contributed by atoms with Gasteiger partial charge >= 0.3 is 0 Å². The van der Waals surface area contributed by atoms with Crippen LogP contribution in [0.2, 0.25) is 0 Å². The number of nitrogens with zero attached hydrogens (tertiary/aromatic N) is 2. The van der Waals surface area contributed by atoms with E-state index >= 15 is 0 Å². The first-order chi connectivity index (χ1) is 6.36. The van der Waals surface area contributed by atoms with Crippen LogP contribution in [-0.2, 0) is 0 Å². The molecule has 1 fully saturated rings. The maximum Gasteiger partial charge on any atom is 0.0689 e. The van der Waals surface area contributed by atoms with Gasteiger partial charge in [0, 0.05) is 0 Å². The second kappa shape index (κ2) is 3.23. The number of fused-ring (bicyclic) bond motifs is 3. The average Bonchev–Trinajstić information content (AvgIpc) is 2.49. The summed E-state index contributed by atoms with van der Waals surface area (Å²) in [6, 6.07) is 4.61. The van der Waals surface area contributed by atoms with Gasteiger partial charge in [0.15, 0.2) is 0 Å². The standard InChI is InChI=1S/C11H12N2/c12-6-10-8-2-1-3-9(5-4-8)11(10)7-13/h4-5,8-11H,1-3H2/t8-,9-,10-,11+/m0/s1. The van der Waals surface area contributed by atoms with Crippen LogP contribution in [0.4, 0.5) is 0 Å². The molecule has 0 aliphatic heterocycles. The van der Waals surface area contributed by atoms with E-state index in [0.29, 0.717) is 11.8 Å². The topological polar surface area (TPSA) is 47.6 Å². The Balaban J connectivity index is 2.34. The van der Waals surface area contributed by atoms with Gasteiger partial charge in [-0.25, -0.2) is 0 Å². The fraction of sp³-hybridized carbons (Fsp3) is 0.636. The molecule has 0 heterocycles. The highest BCUT2D eigenvalue weighted by Gasteiger charge is 2.38. The van der Waals surface area contributed by atoms with Gasteiger partial charge < -0.3 is 0 Å². The van der Waals surface area contributed by atoms with E-state index in [4.69, 9.17) is 10.5 Å². The average molecular weight is 172 g/mol. The molecule has 0 aromatic heterocycles. The minimum atomic E-state index is -0.0532. The van der Waals surface area contributed by atoms with Crippen molar-refractivity contribution >= 4 is 0 Å². The fourth-order valence-corrected chi connectivity index (χ4v) is 2.55. The van der Waals surface area contributed by atoms with E-state index in [1.165, 1.54) is 6.42 Å². The summed E-state index contributed by atoms with van der Waals surface area (Å²) in [5, 5.41) is 18.0. The molecule has 3 rings (SSSR count). The lowest BCUT2D eigenvalue weighted by atomic mass is 9.73. The quantitative estimate of drug-likeness (QED) is 0.526. The van der Waals surface area contributed by atoms with Crippen LogP contribution in [0.1, 0.15) is 19.3 Å². The van der Waals surface area contributed by atoms with Crippen molar-refractivity contribution in [1.29, 1.82) is 10.5 Å². The van der Waals surface area contributed by atoms with Crippen LogP contribution in [0, 0.1) is 46.3 Å². The lowest BCUT2D eigenvalue weighted by Crippen LogP contribution is -2.26. The molecule has 66 valence electrons. The van der Waals surface area contributed by atoms with Crippen LogP contribution in [0.25, 0.3) is 0 Å². The molecule has 3 aliphatic carbocycles. The Morgan fingerprint density at radius 1 is 0.923 bits per heavy atom. The van der Waals surface area contributed by atoms with E-state index in [1.54, 1.807) is 0 Å². The molecule has 0 saturated heterocycles. The van der Waals surface area contributed by atoms with Crippen molar-refractivity contribution in [2.45, 2.75) is 19.3 Å². The number of hydrogen-bond acceptors (Lipinski definition) is 2. The number of nitriles is 2. The van der Waals surface area contributed by atoms with Crippen molar-refractivity contribution in [3.05, 3.63) is 12.2 Å². The molecule has 13 heavy (non-hydrogen) atoms. The molecule has 0 aromatic rings. The van der Waals surface area contributed by atoms with E-state index in [9.17, 15) is 0 Å². The summed E-state index contributed by atoms with van der Waals surface area (Å²) in [7, 11) is 0. The van der Waals surface area contributed by atoms with Crippen molar-refractivity contribution in [2.24, 2.45) is 23.7 Å². The fourth-order valence-electron chi connectivity index (χ4n) is 2.55. The molecule has 0 unspecified atom stereocenters. The second-order valence-corrected chi connectivity index (χ2v) is 3.95. The van der Waals surface area contributed by atoms with Crippen LogP contribution in [0.15, 0.2) is 12.2 Å². The summed E-state index contributed by atoms with van der Waals surface area (Å²) in [5.41, 5.74) is 0. The Morgan fingerprint density at radius 2 is 1.38 bits per heavy atom. The molecule has 2 nitrogen and oxygen atoms in total. The van der Waals surface area contributed by atoms with Crippen LogP contribution in [0.5, 0.6) is 0 Å². The van der Waals surface area contributed by atoms with Crippen molar-refractivity contribution in [3.63, 3.8) is 0 Å². The molecule has 1 saturated carbocycles. The third-order valence-corrected chi connectivity index (χ3v) is 3.29. The first kappa shape index (κ1) is 8.32. The lowest BCUT2D eigenvalue weighted by Gasteiger charge is -2.27. The van der Waals surface area contributed by atoms with Gasteiger partial charge in [0.25, 0.3) is 0 Å². The minimum Gasteiger partial charge on any atom is -0.198 e. The van der Waals surface area contributed by atoms with Gasteiger partial charge in [-0.3, -0.25) is 0 Å². The van der Waals surface area contributed by atoms with Crippen molar-refractivity contribution in [2.75, 3.05) is 0 Å². The maximum absolute atomic E-state index is 9.00. The predicted octanol–water partition coefficient (Wildman–Crippen LogP) is 2.25. The summed E-state index contributed by atoms with van der Waals surface area (Å²) >= 11 is 0. The number of hydrogen-bond donors (Lipinski definition) is 0. The second-order valence-electron chi connectivity index (χ2n) is 3.95. The van der Waals surface area contributed by atoms with Gasteiger partial charge in [0.2, 0.25) is 0 Å². The third kappa shape index (κ3) is 1.23. The van der Waals surface area contributed by atoms with Crippen LogP contribution in [0.3, 0.4) is 0 Å². The van der Waals surface area contributed by atoms with Gasteiger partial charge in [-0.05, 0) is 24.7 Å². The van der Waals surface area contributed by atoms with Crippen LogP contribution < -0.4 is 0 Å². The normalized spacial score (nSPS) is 42.0. The van der Waals surface area contributed by atoms with E-state index < -0.39 is 0 Å². The molecule has 0 radical (unpaired) electrons. The molecule has 0 amide bonds. The predicted molar refractivity (Wildman–Crippen MR) is 48.2 cm³/mol. The van der Waals surface area contributed by atoms with Gasteiger partial charge in [0.05, 0.1) is 24.0 Å². The minimum absolute atomic E-state index is 0.0532. The molecule has 2 heteroatoms. The number of allylic oxidation sites excluding steroid dienone is 2. The van der Waals surface area contributed by atoms with Gasteiger partial charge in [0.1, 0.15) is 0 Å².